The summed E-state index contributed by atoms with van der Waals surface area (Å²) in [5.41, 5.74) is 0. The van der Waals surface area contributed by atoms with Gasteiger partial charge in [-0.25, -0.2) is 0 Å². The molecule has 2 heteroatoms. The van der Waals surface area contributed by atoms with Gasteiger partial charge in [0.1, 0.15) is 0 Å². The second-order valence-electron chi connectivity index (χ2n) is 4.22. The summed E-state index contributed by atoms with van der Waals surface area (Å²) in [4.78, 5) is 0. The number of nitrogens with one attached hydrogen (secondary N) is 1. The van der Waals surface area contributed by atoms with E-state index in [0.717, 1.165) is 13.0 Å². The minimum Gasteiger partial charge on any atom is -0.393 e. The van der Waals surface area contributed by atoms with Gasteiger partial charge in [-0.15, -0.1) is 0 Å². The van der Waals surface area contributed by atoms with Crippen molar-refractivity contribution in [3.05, 3.63) is 0 Å². The lowest BCUT2D eigenvalue weighted by atomic mass is 9.90. The van der Waals surface area contributed by atoms with Crippen LogP contribution in [0.4, 0.5) is 0 Å². The Hall–Kier alpha value is -0.0800. The zero-order valence-electron chi connectivity index (χ0n) is 8.92. The zero-order chi connectivity index (χ0) is 9.68. The van der Waals surface area contributed by atoms with Crippen LogP contribution in [0.1, 0.15) is 46.0 Å². The van der Waals surface area contributed by atoms with Crippen molar-refractivity contribution in [1.29, 1.82) is 0 Å². The lowest BCUT2D eigenvalue weighted by Gasteiger charge is -2.27. The van der Waals surface area contributed by atoms with Crippen LogP contribution in [0, 0.1) is 5.92 Å². The molecule has 0 bridgehead atoms. The van der Waals surface area contributed by atoms with Crippen LogP contribution in [0.15, 0.2) is 0 Å². The molecule has 1 aliphatic carbocycles. The number of aliphatic hydroxyl groups is 1. The summed E-state index contributed by atoms with van der Waals surface area (Å²) in [7, 11) is 0. The van der Waals surface area contributed by atoms with E-state index >= 15 is 0 Å². The number of rotatable bonds is 3. The molecule has 2 nitrogen and oxygen atoms in total. The fraction of sp³-hybridized carbons (Fsp3) is 1.00. The fourth-order valence-electron chi connectivity index (χ4n) is 2.37. The first kappa shape index (κ1) is 11.0. The first-order valence-electron chi connectivity index (χ1n) is 5.67. The molecule has 0 aliphatic heterocycles. The molecule has 0 aromatic rings. The highest BCUT2D eigenvalue weighted by atomic mass is 16.3. The molecule has 0 heterocycles. The minimum atomic E-state index is -0.0726. The molecule has 0 amide bonds. The molecule has 1 fully saturated rings. The maximum atomic E-state index is 9.91. The molecule has 3 atom stereocenters. The molecule has 1 saturated carbocycles. The molecule has 0 saturated heterocycles. The molecule has 0 aromatic carbocycles. The highest BCUT2D eigenvalue weighted by molar-refractivity contribution is 4.80. The summed E-state index contributed by atoms with van der Waals surface area (Å²) in [5, 5.41) is 13.3. The van der Waals surface area contributed by atoms with Gasteiger partial charge in [0.25, 0.3) is 0 Å². The van der Waals surface area contributed by atoms with Crippen LogP contribution in [-0.2, 0) is 0 Å². The highest BCUT2D eigenvalue weighted by Crippen LogP contribution is 2.25. The third kappa shape index (κ3) is 3.28. The van der Waals surface area contributed by atoms with Gasteiger partial charge in [-0.3, -0.25) is 0 Å². The molecule has 13 heavy (non-hydrogen) atoms. The van der Waals surface area contributed by atoms with Gasteiger partial charge in [0.05, 0.1) is 6.10 Å². The quantitative estimate of drug-likeness (QED) is 0.658. The van der Waals surface area contributed by atoms with Crippen LogP contribution in [0.3, 0.4) is 0 Å². The van der Waals surface area contributed by atoms with Gasteiger partial charge in [0.15, 0.2) is 0 Å². The standard InChI is InChI=1S/C11H23NO/c1-3-12-9(2)10-7-5-4-6-8-11(10)13/h9-13H,3-8H2,1-2H3/t9?,10-,11+/m0/s1. The maximum Gasteiger partial charge on any atom is 0.0583 e. The van der Waals surface area contributed by atoms with Crippen molar-refractivity contribution in [2.75, 3.05) is 6.54 Å². The van der Waals surface area contributed by atoms with Crippen LogP contribution in [0.2, 0.25) is 0 Å². The molecule has 1 aliphatic rings. The van der Waals surface area contributed by atoms with E-state index in [1.807, 2.05) is 0 Å². The van der Waals surface area contributed by atoms with E-state index in [2.05, 4.69) is 19.2 Å². The second kappa shape index (κ2) is 5.61. The number of hydrogen-bond acceptors (Lipinski definition) is 2. The van der Waals surface area contributed by atoms with Crippen LogP contribution in [0.25, 0.3) is 0 Å². The van der Waals surface area contributed by atoms with E-state index in [1.165, 1.54) is 25.7 Å². The number of aliphatic hydroxyl groups excluding tert-OH is 1. The Bertz CT molecular complexity index is 138. The van der Waals surface area contributed by atoms with E-state index in [-0.39, 0.29) is 6.10 Å². The Kier molecular flexibility index (Phi) is 4.74. The minimum absolute atomic E-state index is 0.0726. The van der Waals surface area contributed by atoms with E-state index in [4.69, 9.17) is 0 Å². The van der Waals surface area contributed by atoms with E-state index in [9.17, 15) is 5.11 Å². The third-order valence-corrected chi connectivity index (χ3v) is 3.20. The molecule has 78 valence electrons. The van der Waals surface area contributed by atoms with E-state index in [0.29, 0.717) is 12.0 Å². The van der Waals surface area contributed by atoms with Crippen LogP contribution >= 0.6 is 0 Å². The summed E-state index contributed by atoms with van der Waals surface area (Å²) in [6.07, 6.45) is 5.91. The van der Waals surface area contributed by atoms with Gasteiger partial charge in [-0.05, 0) is 32.2 Å². The van der Waals surface area contributed by atoms with Crippen molar-refractivity contribution in [3.63, 3.8) is 0 Å². The average Bonchev–Trinajstić information content (AvgIpc) is 2.30. The molecule has 0 radical (unpaired) electrons. The van der Waals surface area contributed by atoms with Crippen LogP contribution in [-0.4, -0.2) is 23.8 Å². The van der Waals surface area contributed by atoms with Gasteiger partial charge in [0.2, 0.25) is 0 Å². The average molecular weight is 185 g/mol. The molecular formula is C11H23NO. The van der Waals surface area contributed by atoms with Crippen molar-refractivity contribution in [2.45, 2.75) is 58.1 Å². The van der Waals surface area contributed by atoms with Gasteiger partial charge in [-0.1, -0.05) is 26.2 Å². The van der Waals surface area contributed by atoms with Crippen molar-refractivity contribution >= 4 is 0 Å². The largest absolute Gasteiger partial charge is 0.393 e. The van der Waals surface area contributed by atoms with Gasteiger partial charge in [0, 0.05) is 6.04 Å². The van der Waals surface area contributed by atoms with E-state index < -0.39 is 0 Å². The van der Waals surface area contributed by atoms with Crippen molar-refractivity contribution in [1.82, 2.24) is 5.32 Å². The van der Waals surface area contributed by atoms with Crippen LogP contribution in [0.5, 0.6) is 0 Å². The summed E-state index contributed by atoms with van der Waals surface area (Å²) < 4.78 is 0. The lowest BCUT2D eigenvalue weighted by molar-refractivity contribution is 0.0819. The predicted octanol–water partition coefficient (Wildman–Crippen LogP) is 1.93. The highest BCUT2D eigenvalue weighted by Gasteiger charge is 2.25. The lowest BCUT2D eigenvalue weighted by Crippen LogP contribution is -2.39. The molecule has 1 rings (SSSR count). The number of hydrogen-bond donors (Lipinski definition) is 2. The third-order valence-electron chi connectivity index (χ3n) is 3.20. The maximum absolute atomic E-state index is 9.91. The SMILES string of the molecule is CCNC(C)[C@@H]1CCCCC[C@H]1O. The Labute approximate surface area is 81.7 Å². The summed E-state index contributed by atoms with van der Waals surface area (Å²) >= 11 is 0. The van der Waals surface area contributed by atoms with Crippen molar-refractivity contribution in [3.8, 4) is 0 Å². The van der Waals surface area contributed by atoms with Gasteiger partial charge < -0.3 is 10.4 Å². The smallest absolute Gasteiger partial charge is 0.0583 e. The van der Waals surface area contributed by atoms with Crippen molar-refractivity contribution < 1.29 is 5.11 Å². The van der Waals surface area contributed by atoms with E-state index in [1.54, 1.807) is 0 Å². The normalized spacial score (nSPS) is 32.5. The monoisotopic (exact) mass is 185 g/mol. The molecule has 2 N–H and O–H groups in total. The first-order chi connectivity index (χ1) is 6.25. The molecule has 1 unspecified atom stereocenters. The Morgan fingerprint density at radius 2 is 2.00 bits per heavy atom. The molecule has 0 spiro atoms. The fourth-order valence-corrected chi connectivity index (χ4v) is 2.37. The predicted molar refractivity (Wildman–Crippen MR) is 55.7 cm³/mol. The Morgan fingerprint density at radius 3 is 2.69 bits per heavy atom. The second-order valence-corrected chi connectivity index (χ2v) is 4.22. The van der Waals surface area contributed by atoms with Crippen LogP contribution < -0.4 is 5.32 Å². The Morgan fingerprint density at radius 1 is 1.31 bits per heavy atom. The van der Waals surface area contributed by atoms with Crippen molar-refractivity contribution in [2.24, 2.45) is 5.92 Å². The molecular weight excluding hydrogens is 162 g/mol. The van der Waals surface area contributed by atoms with Gasteiger partial charge in [-0.2, -0.15) is 0 Å². The Balaban J connectivity index is 2.43. The topological polar surface area (TPSA) is 32.3 Å². The summed E-state index contributed by atoms with van der Waals surface area (Å²) in [6.45, 7) is 5.33. The summed E-state index contributed by atoms with van der Waals surface area (Å²) in [5.74, 6) is 0.474. The first-order valence-corrected chi connectivity index (χ1v) is 5.67. The molecule has 0 aromatic heterocycles. The summed E-state index contributed by atoms with van der Waals surface area (Å²) in [6, 6.07) is 0.470. The zero-order valence-corrected chi connectivity index (χ0v) is 8.92. The van der Waals surface area contributed by atoms with Gasteiger partial charge >= 0.3 is 0 Å².